The van der Waals surface area contributed by atoms with E-state index in [0.29, 0.717) is 17.5 Å². The smallest absolute Gasteiger partial charge is 0.423 e. The maximum atomic E-state index is 12.1. The van der Waals surface area contributed by atoms with Crippen molar-refractivity contribution in [1.82, 2.24) is 9.55 Å². The Balaban J connectivity index is 1.87. The van der Waals surface area contributed by atoms with Gasteiger partial charge in [0, 0.05) is 12.1 Å². The first-order valence-corrected chi connectivity index (χ1v) is 9.63. The van der Waals surface area contributed by atoms with E-state index in [-0.39, 0.29) is 21.4 Å². The number of hydrogen-bond donors (Lipinski definition) is 2. The number of nitro benzene ring substituents is 1. The Kier molecular flexibility index (Phi) is 4.33. The Morgan fingerprint density at radius 1 is 1.17 bits per heavy atom. The van der Waals surface area contributed by atoms with Crippen molar-refractivity contribution in [3.8, 4) is 0 Å². The van der Waals surface area contributed by atoms with Gasteiger partial charge >= 0.3 is 12.8 Å². The minimum atomic E-state index is -1.51. The zero-order chi connectivity index (χ0) is 21.1. The van der Waals surface area contributed by atoms with Crippen molar-refractivity contribution in [3.05, 3.63) is 63.5 Å². The third-order valence-corrected chi connectivity index (χ3v) is 5.99. The zero-order valence-corrected chi connectivity index (χ0v) is 17.0. The van der Waals surface area contributed by atoms with Crippen LogP contribution >= 0.6 is 0 Å². The third-order valence-electron chi connectivity index (χ3n) is 5.99. The van der Waals surface area contributed by atoms with Crippen LogP contribution in [0, 0.1) is 10.1 Å². The molecule has 4 rings (SSSR count). The molecule has 0 fully saturated rings. The summed E-state index contributed by atoms with van der Waals surface area (Å²) < 4.78 is 1.91. The lowest BCUT2D eigenvalue weighted by molar-refractivity contribution is -0.384. The number of aromatic nitrogens is 2. The molecule has 150 valence electrons. The van der Waals surface area contributed by atoms with E-state index >= 15 is 0 Å². The van der Waals surface area contributed by atoms with Gasteiger partial charge in [-0.25, -0.2) is 4.98 Å². The molecule has 7 nitrogen and oxygen atoms in total. The van der Waals surface area contributed by atoms with Gasteiger partial charge in [0.25, 0.3) is 0 Å². The molecule has 1 aromatic heterocycles. The molecule has 0 atom stereocenters. The number of fused-ring (bicyclic) bond motifs is 2. The summed E-state index contributed by atoms with van der Waals surface area (Å²) in [7, 11) is -1.51. The van der Waals surface area contributed by atoms with Crippen LogP contribution in [-0.2, 0) is 17.4 Å². The minimum Gasteiger partial charge on any atom is -0.423 e. The Morgan fingerprint density at radius 2 is 1.83 bits per heavy atom. The highest BCUT2D eigenvalue weighted by Gasteiger charge is 2.47. The fraction of sp³-hybridized carbons (Fsp3) is 0.381. The standard InChI is InChI=1S/C21H24BN3O4/c1-20(2)11-21(3,4)17-15(20)9-16-18(19(17)25(28)29)23-12-24(16)10-13-5-7-14(8-6-13)22(26)27/h5-9,12,26-27H,10-11H2,1-4H3. The summed E-state index contributed by atoms with van der Waals surface area (Å²) in [5.41, 5.74) is 4.00. The number of benzene rings is 2. The first kappa shape index (κ1) is 19.6. The molecule has 3 aromatic rings. The zero-order valence-electron chi connectivity index (χ0n) is 17.0. The van der Waals surface area contributed by atoms with Crippen molar-refractivity contribution in [2.75, 3.05) is 0 Å². The number of nitro groups is 1. The molecule has 0 aliphatic heterocycles. The van der Waals surface area contributed by atoms with Crippen LogP contribution in [0.5, 0.6) is 0 Å². The molecule has 2 N–H and O–H groups in total. The SMILES string of the molecule is CC1(C)CC(C)(C)c2c1cc1c(ncn1Cc1ccc(B(O)O)cc1)c2[N+](=O)[O-]. The molecule has 1 heterocycles. The highest BCUT2D eigenvalue weighted by Crippen LogP contribution is 2.54. The molecule has 8 heteroatoms. The quantitative estimate of drug-likeness (QED) is 0.403. The van der Waals surface area contributed by atoms with E-state index in [0.717, 1.165) is 28.6 Å². The van der Waals surface area contributed by atoms with E-state index in [1.807, 2.05) is 16.7 Å². The Morgan fingerprint density at radius 3 is 2.41 bits per heavy atom. The second-order valence-electron chi connectivity index (χ2n) is 9.20. The monoisotopic (exact) mass is 393 g/mol. The average Bonchev–Trinajstić information content (AvgIpc) is 3.09. The molecule has 0 bridgehead atoms. The molecular formula is C21H24BN3O4. The van der Waals surface area contributed by atoms with Crippen LogP contribution in [0.2, 0.25) is 0 Å². The normalized spacial score (nSPS) is 16.8. The lowest BCUT2D eigenvalue weighted by Gasteiger charge is -2.22. The van der Waals surface area contributed by atoms with Gasteiger partial charge in [-0.2, -0.15) is 0 Å². The Labute approximate surface area is 169 Å². The van der Waals surface area contributed by atoms with Crippen LogP contribution in [0.15, 0.2) is 36.7 Å². The molecule has 0 unspecified atom stereocenters. The molecule has 0 radical (unpaired) electrons. The Hall–Kier alpha value is -2.71. The Bertz CT molecular complexity index is 1120. The first-order valence-electron chi connectivity index (χ1n) is 9.63. The van der Waals surface area contributed by atoms with Gasteiger partial charge in [-0.3, -0.25) is 10.1 Å². The predicted molar refractivity (Wildman–Crippen MR) is 112 cm³/mol. The average molecular weight is 393 g/mol. The maximum absolute atomic E-state index is 12.1. The first-order chi connectivity index (χ1) is 13.5. The highest BCUT2D eigenvalue weighted by atomic mass is 16.6. The summed E-state index contributed by atoms with van der Waals surface area (Å²) in [6.45, 7) is 8.88. The summed E-state index contributed by atoms with van der Waals surface area (Å²) in [6, 6.07) is 9.01. The van der Waals surface area contributed by atoms with Crippen LogP contribution in [0.25, 0.3) is 11.0 Å². The van der Waals surface area contributed by atoms with Crippen molar-refractivity contribution < 1.29 is 15.0 Å². The van der Waals surface area contributed by atoms with Gasteiger partial charge in [-0.05, 0) is 39.9 Å². The summed E-state index contributed by atoms with van der Waals surface area (Å²) in [5, 5.41) is 30.6. The number of hydrogen-bond acceptors (Lipinski definition) is 5. The number of rotatable bonds is 4. The van der Waals surface area contributed by atoms with Gasteiger partial charge in [0.05, 0.1) is 16.8 Å². The lowest BCUT2D eigenvalue weighted by Crippen LogP contribution is -2.29. The van der Waals surface area contributed by atoms with Crippen LogP contribution in [0.1, 0.15) is 50.8 Å². The van der Waals surface area contributed by atoms with Crippen LogP contribution in [0.4, 0.5) is 5.69 Å². The maximum Gasteiger partial charge on any atom is 0.488 e. The van der Waals surface area contributed by atoms with Crippen molar-refractivity contribution in [2.24, 2.45) is 0 Å². The van der Waals surface area contributed by atoms with E-state index in [2.05, 4.69) is 38.7 Å². The van der Waals surface area contributed by atoms with E-state index in [4.69, 9.17) is 0 Å². The van der Waals surface area contributed by atoms with Crippen LogP contribution < -0.4 is 5.46 Å². The molecule has 0 amide bonds. The predicted octanol–water partition coefficient (Wildman–Crippen LogP) is 2.63. The minimum absolute atomic E-state index is 0.116. The highest BCUT2D eigenvalue weighted by molar-refractivity contribution is 6.58. The topological polar surface area (TPSA) is 101 Å². The van der Waals surface area contributed by atoms with Crippen molar-refractivity contribution in [2.45, 2.75) is 51.5 Å². The summed E-state index contributed by atoms with van der Waals surface area (Å²) in [5.74, 6) is 0. The van der Waals surface area contributed by atoms with Gasteiger partial charge < -0.3 is 14.6 Å². The van der Waals surface area contributed by atoms with E-state index in [1.54, 1.807) is 18.5 Å². The van der Waals surface area contributed by atoms with Gasteiger partial charge in [-0.15, -0.1) is 0 Å². The van der Waals surface area contributed by atoms with E-state index in [1.165, 1.54) is 0 Å². The number of nitrogens with zero attached hydrogens (tertiary/aromatic N) is 3. The second-order valence-corrected chi connectivity index (χ2v) is 9.20. The van der Waals surface area contributed by atoms with Crippen molar-refractivity contribution in [1.29, 1.82) is 0 Å². The molecule has 2 aromatic carbocycles. The summed E-state index contributed by atoms with van der Waals surface area (Å²) in [6.07, 6.45) is 2.48. The van der Waals surface area contributed by atoms with Gasteiger partial charge in [0.1, 0.15) is 0 Å². The van der Waals surface area contributed by atoms with Crippen molar-refractivity contribution >= 4 is 29.3 Å². The van der Waals surface area contributed by atoms with Crippen molar-refractivity contribution in [3.63, 3.8) is 0 Å². The summed E-state index contributed by atoms with van der Waals surface area (Å²) >= 11 is 0. The molecule has 1 aliphatic rings. The van der Waals surface area contributed by atoms with E-state index in [9.17, 15) is 20.2 Å². The lowest BCUT2D eigenvalue weighted by atomic mass is 9.80. The molecule has 0 spiro atoms. The van der Waals surface area contributed by atoms with Crippen LogP contribution in [0.3, 0.4) is 0 Å². The molecule has 0 saturated carbocycles. The molecule has 1 aliphatic carbocycles. The van der Waals surface area contributed by atoms with Gasteiger partial charge in [0.2, 0.25) is 0 Å². The van der Waals surface area contributed by atoms with E-state index < -0.39 is 7.12 Å². The largest absolute Gasteiger partial charge is 0.488 e. The molecule has 0 saturated heterocycles. The molecular weight excluding hydrogens is 369 g/mol. The fourth-order valence-corrected chi connectivity index (χ4v) is 4.98. The second kappa shape index (κ2) is 6.40. The number of imidazole rings is 1. The van der Waals surface area contributed by atoms with Gasteiger partial charge in [-0.1, -0.05) is 52.0 Å². The van der Waals surface area contributed by atoms with Crippen LogP contribution in [-0.4, -0.2) is 31.6 Å². The summed E-state index contributed by atoms with van der Waals surface area (Å²) in [4.78, 5) is 16.2. The fourth-order valence-electron chi connectivity index (χ4n) is 4.98. The van der Waals surface area contributed by atoms with Gasteiger partial charge in [0.15, 0.2) is 5.52 Å². The molecule has 29 heavy (non-hydrogen) atoms. The third kappa shape index (κ3) is 3.12.